The molecule has 0 aliphatic rings. The number of benzene rings is 3. The molecule has 0 amide bonds. The summed E-state index contributed by atoms with van der Waals surface area (Å²) in [7, 11) is 0. The maximum atomic E-state index is 13.8. The maximum absolute atomic E-state index is 13.8. The number of halogens is 3. The fourth-order valence-electron chi connectivity index (χ4n) is 2.64. The van der Waals surface area contributed by atoms with E-state index in [0.717, 1.165) is 12.1 Å². The van der Waals surface area contributed by atoms with Crippen molar-refractivity contribution in [3.8, 4) is 0 Å². The maximum Gasteiger partial charge on any atom is 0.194 e. The lowest BCUT2D eigenvalue weighted by molar-refractivity contribution is 0.103. The molecule has 0 aliphatic carbocycles. The first-order chi connectivity index (χ1) is 13.4. The van der Waals surface area contributed by atoms with Crippen molar-refractivity contribution in [1.82, 2.24) is 0 Å². The van der Waals surface area contributed by atoms with Crippen LogP contribution in [0.1, 0.15) is 21.5 Å². The van der Waals surface area contributed by atoms with Gasteiger partial charge in [0.25, 0.3) is 0 Å². The molecule has 0 heterocycles. The molecule has 3 aromatic rings. The Morgan fingerprint density at radius 3 is 2.54 bits per heavy atom. The molecule has 140 valence electrons. The third-order valence-corrected chi connectivity index (χ3v) is 4.36. The zero-order chi connectivity index (χ0) is 20.3. The molecule has 0 fully saturated rings. The Bertz CT molecular complexity index is 1130. The minimum absolute atomic E-state index is 0.0782. The van der Waals surface area contributed by atoms with Crippen molar-refractivity contribution in [1.29, 1.82) is 0 Å². The second kappa shape index (κ2) is 8.08. The Labute approximate surface area is 164 Å². The highest BCUT2D eigenvalue weighted by Gasteiger charge is 2.16. The van der Waals surface area contributed by atoms with Gasteiger partial charge in [-0.05, 0) is 54.4 Å². The summed E-state index contributed by atoms with van der Waals surface area (Å²) in [5, 5.41) is 6.45. The van der Waals surface area contributed by atoms with Gasteiger partial charge in [0, 0.05) is 33.5 Å². The minimum atomic E-state index is -0.748. The first-order valence-corrected chi connectivity index (χ1v) is 8.49. The fraction of sp³-hybridized carbons (Fsp3) is 0.0500. The van der Waals surface area contributed by atoms with Crippen molar-refractivity contribution in [3.05, 3.63) is 98.4 Å². The van der Waals surface area contributed by atoms with Gasteiger partial charge in [0.05, 0.1) is 10.7 Å². The Kier molecular flexibility index (Phi) is 5.59. The molecule has 3 aromatic carbocycles. The number of ketones is 1. The van der Waals surface area contributed by atoms with Gasteiger partial charge in [-0.3, -0.25) is 4.79 Å². The lowest BCUT2D eigenvalue weighted by Crippen LogP contribution is -2.05. The second-order valence-corrected chi connectivity index (χ2v) is 6.37. The Morgan fingerprint density at radius 1 is 1.07 bits per heavy atom. The van der Waals surface area contributed by atoms with Crippen LogP contribution in [0, 0.1) is 18.6 Å². The van der Waals surface area contributed by atoms with Crippen LogP contribution in [-0.4, -0.2) is 5.78 Å². The number of azide groups is 1. The molecule has 1 N–H and O–H groups in total. The molecule has 3 rings (SSSR count). The van der Waals surface area contributed by atoms with Crippen molar-refractivity contribution in [3.63, 3.8) is 0 Å². The van der Waals surface area contributed by atoms with Crippen LogP contribution in [0.5, 0.6) is 0 Å². The largest absolute Gasteiger partial charge is 0.353 e. The van der Waals surface area contributed by atoms with E-state index in [2.05, 4.69) is 15.3 Å². The Balaban J connectivity index is 1.91. The predicted molar refractivity (Wildman–Crippen MR) is 105 cm³/mol. The average Bonchev–Trinajstić information content (AvgIpc) is 2.65. The number of carbonyl (C=O) groups is 1. The molecule has 5 nitrogen and oxygen atoms in total. The van der Waals surface area contributed by atoms with E-state index >= 15 is 0 Å². The first kappa shape index (κ1) is 19.4. The van der Waals surface area contributed by atoms with Crippen LogP contribution < -0.4 is 5.32 Å². The lowest BCUT2D eigenvalue weighted by Gasteiger charge is -2.11. The third kappa shape index (κ3) is 4.11. The summed E-state index contributed by atoms with van der Waals surface area (Å²) in [4.78, 5) is 15.6. The van der Waals surface area contributed by atoms with Gasteiger partial charge in [-0.2, -0.15) is 0 Å². The second-order valence-electron chi connectivity index (χ2n) is 5.96. The van der Waals surface area contributed by atoms with Crippen LogP contribution in [0.4, 0.5) is 25.8 Å². The number of carbonyl (C=O) groups excluding carboxylic acids is 1. The van der Waals surface area contributed by atoms with E-state index in [0.29, 0.717) is 22.5 Å². The zero-order valence-corrected chi connectivity index (χ0v) is 15.3. The van der Waals surface area contributed by atoms with Crippen LogP contribution in [0.25, 0.3) is 10.4 Å². The molecular weight excluding hydrogens is 386 g/mol. The summed E-state index contributed by atoms with van der Waals surface area (Å²) in [6.07, 6.45) is 0. The molecule has 0 bridgehead atoms. The molecule has 0 aliphatic heterocycles. The summed E-state index contributed by atoms with van der Waals surface area (Å²) in [6.45, 7) is 1.76. The van der Waals surface area contributed by atoms with E-state index in [-0.39, 0.29) is 22.1 Å². The molecule has 8 heteroatoms. The Morgan fingerprint density at radius 2 is 1.86 bits per heavy atom. The SMILES string of the molecule is Cc1ccc(N=[N+]=[N-])cc1C(=O)c1ccc(Nc2ccc(F)cc2F)cc1Cl. The minimum Gasteiger partial charge on any atom is -0.353 e. The number of rotatable bonds is 5. The van der Waals surface area contributed by atoms with Crippen LogP contribution in [0.15, 0.2) is 59.7 Å². The summed E-state index contributed by atoms with van der Waals surface area (Å²) in [5.41, 5.74) is 10.7. The molecule has 0 aromatic heterocycles. The van der Waals surface area contributed by atoms with Gasteiger partial charge in [-0.15, -0.1) is 0 Å². The van der Waals surface area contributed by atoms with Crippen molar-refractivity contribution < 1.29 is 13.6 Å². The summed E-state index contributed by atoms with van der Waals surface area (Å²) in [6, 6.07) is 12.5. The van der Waals surface area contributed by atoms with Gasteiger partial charge >= 0.3 is 0 Å². The lowest BCUT2D eigenvalue weighted by atomic mass is 9.98. The van der Waals surface area contributed by atoms with Crippen LogP contribution in [-0.2, 0) is 0 Å². The van der Waals surface area contributed by atoms with Gasteiger partial charge in [0.15, 0.2) is 5.78 Å². The predicted octanol–water partition coefficient (Wildman–Crippen LogP) is 6.84. The molecular formula is C20H13ClF2N4O. The normalized spacial score (nSPS) is 10.3. The van der Waals surface area contributed by atoms with E-state index in [4.69, 9.17) is 17.1 Å². The highest BCUT2D eigenvalue weighted by Crippen LogP contribution is 2.28. The highest BCUT2D eigenvalue weighted by molar-refractivity contribution is 6.35. The monoisotopic (exact) mass is 398 g/mol. The summed E-state index contributed by atoms with van der Waals surface area (Å²) < 4.78 is 26.8. The van der Waals surface area contributed by atoms with Crippen molar-refractivity contribution in [2.75, 3.05) is 5.32 Å². The smallest absolute Gasteiger partial charge is 0.194 e. The number of aryl methyl sites for hydroxylation is 1. The molecule has 0 saturated heterocycles. The van der Waals surface area contributed by atoms with Gasteiger partial charge in [0.1, 0.15) is 11.6 Å². The van der Waals surface area contributed by atoms with Gasteiger partial charge in [-0.1, -0.05) is 28.8 Å². The average molecular weight is 399 g/mol. The number of nitrogens with zero attached hydrogens (tertiary/aromatic N) is 3. The van der Waals surface area contributed by atoms with Crippen molar-refractivity contribution in [2.24, 2.45) is 5.11 Å². The van der Waals surface area contributed by atoms with E-state index in [1.54, 1.807) is 25.1 Å². The quantitative estimate of drug-likeness (QED) is 0.221. The Hall–Kier alpha value is -3.41. The van der Waals surface area contributed by atoms with E-state index in [9.17, 15) is 13.6 Å². The van der Waals surface area contributed by atoms with Crippen molar-refractivity contribution in [2.45, 2.75) is 6.92 Å². The van der Waals surface area contributed by atoms with E-state index in [1.165, 1.54) is 24.3 Å². The number of hydrogen-bond acceptors (Lipinski definition) is 3. The first-order valence-electron chi connectivity index (χ1n) is 8.11. The van der Waals surface area contributed by atoms with Crippen molar-refractivity contribution >= 4 is 34.4 Å². The third-order valence-electron chi connectivity index (χ3n) is 4.05. The molecule has 28 heavy (non-hydrogen) atoms. The molecule has 0 spiro atoms. The van der Waals surface area contributed by atoms with Crippen LogP contribution >= 0.6 is 11.6 Å². The molecule has 0 radical (unpaired) electrons. The summed E-state index contributed by atoms with van der Waals surface area (Å²) >= 11 is 6.26. The van der Waals surface area contributed by atoms with Gasteiger partial charge < -0.3 is 5.32 Å². The molecule has 0 saturated carbocycles. The summed E-state index contributed by atoms with van der Waals surface area (Å²) in [5.74, 6) is -1.76. The van der Waals surface area contributed by atoms with E-state index in [1.807, 2.05) is 0 Å². The van der Waals surface area contributed by atoms with E-state index < -0.39 is 11.6 Å². The number of hydrogen-bond donors (Lipinski definition) is 1. The van der Waals surface area contributed by atoms with Gasteiger partial charge in [0.2, 0.25) is 0 Å². The van der Waals surface area contributed by atoms with Crippen LogP contribution in [0.2, 0.25) is 5.02 Å². The topological polar surface area (TPSA) is 77.9 Å². The number of anilines is 2. The number of nitrogens with one attached hydrogen (secondary N) is 1. The fourth-order valence-corrected chi connectivity index (χ4v) is 2.90. The van der Waals surface area contributed by atoms with Crippen LogP contribution in [0.3, 0.4) is 0 Å². The zero-order valence-electron chi connectivity index (χ0n) is 14.6. The van der Waals surface area contributed by atoms with Gasteiger partial charge in [-0.25, -0.2) is 8.78 Å². The highest BCUT2D eigenvalue weighted by atomic mass is 35.5. The molecule has 0 atom stereocenters. The molecule has 0 unspecified atom stereocenters. The standard InChI is InChI=1S/C20H13ClF2N4O/c1-11-2-4-14(26-27-24)9-16(11)20(28)15-6-5-13(10-17(15)21)25-19-7-3-12(22)8-18(19)23/h2-10,25H,1H3.